The number of fused-ring (bicyclic) bond motifs is 5. The number of ketones is 3. The Bertz CT molecular complexity index is 1790. The van der Waals surface area contributed by atoms with Crippen LogP contribution in [0.25, 0.3) is 6.08 Å². The Labute approximate surface area is 248 Å². The van der Waals surface area contributed by atoms with Crippen molar-refractivity contribution in [3.05, 3.63) is 130 Å². The van der Waals surface area contributed by atoms with Crippen LogP contribution in [0.2, 0.25) is 5.02 Å². The number of halogens is 1. The minimum absolute atomic E-state index is 0.226. The maximum atomic E-state index is 14.8. The number of methoxy groups -OCH3 is 2. The number of rotatable bonds is 5. The fourth-order valence-electron chi connectivity index (χ4n) is 7.10. The number of hydrogen-bond donors (Lipinski definition) is 0. The molecule has 1 saturated heterocycles. The van der Waals surface area contributed by atoms with Gasteiger partial charge in [0.2, 0.25) is 0 Å². The van der Waals surface area contributed by atoms with Gasteiger partial charge in [-0.05, 0) is 53.6 Å². The van der Waals surface area contributed by atoms with E-state index in [9.17, 15) is 14.4 Å². The average molecular weight is 576 g/mol. The maximum Gasteiger partial charge on any atom is 0.186 e. The third-order valence-corrected chi connectivity index (χ3v) is 9.08. The molecule has 0 bridgehead atoms. The molecular weight excluding hydrogens is 550 g/mol. The lowest BCUT2D eigenvalue weighted by Gasteiger charge is -2.37. The van der Waals surface area contributed by atoms with E-state index in [-0.39, 0.29) is 17.3 Å². The largest absolute Gasteiger partial charge is 0.497 e. The van der Waals surface area contributed by atoms with Gasteiger partial charge in [-0.15, -0.1) is 0 Å². The van der Waals surface area contributed by atoms with Crippen molar-refractivity contribution in [2.75, 3.05) is 19.1 Å². The van der Waals surface area contributed by atoms with Crippen molar-refractivity contribution < 1.29 is 23.9 Å². The van der Waals surface area contributed by atoms with Crippen LogP contribution in [-0.2, 0) is 0 Å². The van der Waals surface area contributed by atoms with E-state index in [0.29, 0.717) is 38.8 Å². The summed E-state index contributed by atoms with van der Waals surface area (Å²) in [4.78, 5) is 46.2. The van der Waals surface area contributed by atoms with Gasteiger partial charge in [0.1, 0.15) is 23.0 Å². The van der Waals surface area contributed by atoms with Crippen LogP contribution in [-0.4, -0.2) is 43.7 Å². The predicted octanol–water partition coefficient (Wildman–Crippen LogP) is 6.67. The molecule has 3 atom stereocenters. The highest BCUT2D eigenvalue weighted by Gasteiger charge is 2.71. The molecule has 0 N–H and O–H groups in total. The monoisotopic (exact) mass is 575 g/mol. The first-order valence-corrected chi connectivity index (χ1v) is 14.0. The fourth-order valence-corrected chi connectivity index (χ4v) is 7.28. The van der Waals surface area contributed by atoms with Crippen molar-refractivity contribution in [2.24, 2.45) is 5.41 Å². The van der Waals surface area contributed by atoms with E-state index in [4.69, 9.17) is 21.1 Å². The first-order valence-electron chi connectivity index (χ1n) is 13.7. The van der Waals surface area contributed by atoms with Crippen molar-refractivity contribution in [3.8, 4) is 11.5 Å². The molecule has 3 aliphatic rings. The summed E-state index contributed by atoms with van der Waals surface area (Å²) in [6.45, 7) is 0. The summed E-state index contributed by atoms with van der Waals surface area (Å²) in [5.74, 6) is -0.526. The zero-order chi connectivity index (χ0) is 29.2. The number of ether oxygens (including phenoxy) is 2. The van der Waals surface area contributed by atoms with Gasteiger partial charge in [0.25, 0.3) is 0 Å². The van der Waals surface area contributed by atoms with Gasteiger partial charge in [0.05, 0.1) is 20.3 Å². The third kappa shape index (κ3) is 3.55. The van der Waals surface area contributed by atoms with Crippen LogP contribution in [0.3, 0.4) is 0 Å². The highest BCUT2D eigenvalue weighted by Crippen LogP contribution is 2.61. The molecule has 4 aromatic rings. The van der Waals surface area contributed by atoms with Gasteiger partial charge in [-0.2, -0.15) is 0 Å². The molecule has 208 valence electrons. The summed E-state index contributed by atoms with van der Waals surface area (Å²) in [7, 11) is 3.11. The second-order valence-electron chi connectivity index (χ2n) is 10.8. The van der Waals surface area contributed by atoms with Gasteiger partial charge in [-0.3, -0.25) is 14.4 Å². The molecule has 1 fully saturated rings. The van der Waals surface area contributed by atoms with E-state index < -0.39 is 23.4 Å². The van der Waals surface area contributed by atoms with Gasteiger partial charge in [0, 0.05) is 33.3 Å². The van der Waals surface area contributed by atoms with Crippen molar-refractivity contribution in [3.63, 3.8) is 0 Å². The molecule has 0 amide bonds. The van der Waals surface area contributed by atoms with Gasteiger partial charge >= 0.3 is 0 Å². The van der Waals surface area contributed by atoms with E-state index in [2.05, 4.69) is 0 Å². The maximum absolute atomic E-state index is 14.8. The molecular formula is C35H26ClNO5. The summed E-state index contributed by atoms with van der Waals surface area (Å²) >= 11 is 6.38. The molecule has 0 radical (unpaired) electrons. The number of Topliss-reactive ketones (excluding diaryl/α,β-unsaturated/α-hetero) is 3. The van der Waals surface area contributed by atoms with Gasteiger partial charge in [-0.25, -0.2) is 0 Å². The normalized spacial score (nSPS) is 21.2. The molecule has 2 heterocycles. The minimum Gasteiger partial charge on any atom is -0.497 e. The van der Waals surface area contributed by atoms with Crippen molar-refractivity contribution in [1.29, 1.82) is 0 Å². The second-order valence-corrected chi connectivity index (χ2v) is 11.2. The molecule has 42 heavy (non-hydrogen) atoms. The lowest BCUT2D eigenvalue weighted by atomic mass is 9.64. The SMILES string of the molecule is COc1cccc(C(=O)[C@@H]2[C@@H](c3cccc(OC)c3)C3(C(=O)c4ccccc4C3=O)[C@@H]3C=Cc4cc(Cl)ccc4N23)c1. The van der Waals surface area contributed by atoms with E-state index in [1.165, 1.54) is 0 Å². The Morgan fingerprint density at radius 1 is 0.810 bits per heavy atom. The molecule has 4 aromatic carbocycles. The Morgan fingerprint density at radius 3 is 2.17 bits per heavy atom. The zero-order valence-corrected chi connectivity index (χ0v) is 23.7. The second kappa shape index (κ2) is 9.71. The Morgan fingerprint density at radius 2 is 1.48 bits per heavy atom. The summed E-state index contributed by atoms with van der Waals surface area (Å²) in [5, 5.41) is 0.547. The number of carbonyl (C=O) groups is 3. The molecule has 6 nitrogen and oxygen atoms in total. The number of anilines is 1. The van der Waals surface area contributed by atoms with E-state index in [1.807, 2.05) is 53.5 Å². The number of hydrogen-bond acceptors (Lipinski definition) is 6. The van der Waals surface area contributed by atoms with Gasteiger partial charge < -0.3 is 14.4 Å². The summed E-state index contributed by atoms with van der Waals surface area (Å²) in [6.07, 6.45) is 3.78. The van der Waals surface area contributed by atoms with Crippen LogP contribution >= 0.6 is 11.6 Å². The van der Waals surface area contributed by atoms with E-state index in [1.54, 1.807) is 68.8 Å². The molecule has 1 aliphatic carbocycles. The van der Waals surface area contributed by atoms with Gasteiger partial charge in [-0.1, -0.05) is 72.3 Å². The first-order chi connectivity index (χ1) is 20.4. The Hall–Kier alpha value is -4.68. The van der Waals surface area contributed by atoms with E-state index in [0.717, 1.165) is 11.3 Å². The van der Waals surface area contributed by atoms with Crippen LogP contribution < -0.4 is 14.4 Å². The summed E-state index contributed by atoms with van der Waals surface area (Å²) in [5.41, 5.74) is 1.78. The fraction of sp³-hybridized carbons (Fsp3) is 0.171. The number of carbonyl (C=O) groups excluding carboxylic acids is 3. The topological polar surface area (TPSA) is 72.9 Å². The summed E-state index contributed by atoms with van der Waals surface area (Å²) in [6, 6.07) is 25.1. The summed E-state index contributed by atoms with van der Waals surface area (Å²) < 4.78 is 11.0. The Balaban J connectivity index is 1.55. The minimum atomic E-state index is -1.59. The van der Waals surface area contributed by atoms with Crippen molar-refractivity contribution in [2.45, 2.75) is 18.0 Å². The molecule has 2 aliphatic heterocycles. The first kappa shape index (κ1) is 26.2. The third-order valence-electron chi connectivity index (χ3n) is 8.84. The molecule has 7 heteroatoms. The smallest absolute Gasteiger partial charge is 0.186 e. The number of nitrogens with zero attached hydrogens (tertiary/aromatic N) is 1. The highest BCUT2D eigenvalue weighted by atomic mass is 35.5. The van der Waals surface area contributed by atoms with Crippen molar-refractivity contribution in [1.82, 2.24) is 0 Å². The predicted molar refractivity (Wildman–Crippen MR) is 161 cm³/mol. The van der Waals surface area contributed by atoms with Crippen molar-refractivity contribution >= 4 is 40.7 Å². The zero-order valence-electron chi connectivity index (χ0n) is 22.9. The van der Waals surface area contributed by atoms with Crippen LogP contribution in [0.4, 0.5) is 5.69 Å². The molecule has 1 spiro atoms. The molecule has 0 saturated carbocycles. The van der Waals surface area contributed by atoms with Gasteiger partial charge in [0.15, 0.2) is 17.3 Å². The van der Waals surface area contributed by atoms with Crippen LogP contribution in [0, 0.1) is 5.41 Å². The lowest BCUT2D eigenvalue weighted by Crippen LogP contribution is -2.48. The Kier molecular flexibility index (Phi) is 6.06. The van der Waals surface area contributed by atoms with Crippen LogP contribution in [0.1, 0.15) is 48.1 Å². The standard InChI is InChI=1S/C35H26ClNO5/c1-41-24-9-5-7-21(18-24)30-31(32(38)22-8-6-10-25(19-22)42-2)37-28-15-14-23(36)17-20(28)13-16-29(37)35(30)33(39)26-11-3-4-12-27(26)34(35)40/h3-19,29-31H,1-2H3/t29-,30+,31-/m0/s1. The molecule has 0 unspecified atom stereocenters. The molecule has 0 aromatic heterocycles. The lowest BCUT2D eigenvalue weighted by molar-refractivity contribution is 0.0665. The van der Waals surface area contributed by atoms with Crippen LogP contribution in [0.5, 0.6) is 11.5 Å². The quantitative estimate of drug-likeness (QED) is 0.195. The number of benzene rings is 4. The van der Waals surface area contributed by atoms with Crippen LogP contribution in [0.15, 0.2) is 97.1 Å². The molecule has 7 rings (SSSR count). The highest BCUT2D eigenvalue weighted by molar-refractivity contribution is 6.32. The van der Waals surface area contributed by atoms with E-state index >= 15 is 0 Å². The average Bonchev–Trinajstić information content (AvgIpc) is 3.46.